The van der Waals surface area contributed by atoms with E-state index in [4.69, 9.17) is 0 Å². The van der Waals surface area contributed by atoms with Crippen LogP contribution in [-0.2, 0) is 0 Å². The summed E-state index contributed by atoms with van der Waals surface area (Å²) < 4.78 is 14.6. The highest BCUT2D eigenvalue weighted by Crippen LogP contribution is 2.30. The van der Waals surface area contributed by atoms with Gasteiger partial charge in [-0.15, -0.1) is 11.3 Å². The number of rotatable bonds is 4. The molecule has 1 aromatic heterocycles. The highest BCUT2D eigenvalue weighted by atomic mass is 79.9. The number of hydrogen-bond acceptors (Lipinski definition) is 3. The first-order valence-electron chi connectivity index (χ1n) is 5.76. The molecular formula is C13H14BrFN2S. The summed E-state index contributed by atoms with van der Waals surface area (Å²) >= 11 is 4.82. The molecule has 0 aliphatic carbocycles. The fraction of sp³-hybridized carbons (Fsp3) is 0.308. The van der Waals surface area contributed by atoms with Crippen LogP contribution in [0.4, 0.5) is 4.39 Å². The Morgan fingerprint density at radius 2 is 2.28 bits per heavy atom. The average molecular weight is 329 g/mol. The van der Waals surface area contributed by atoms with Crippen LogP contribution in [0.3, 0.4) is 0 Å². The van der Waals surface area contributed by atoms with Gasteiger partial charge in [-0.05, 0) is 31.7 Å². The normalized spacial score (nSPS) is 12.7. The fourth-order valence-corrected chi connectivity index (χ4v) is 2.97. The minimum atomic E-state index is -0.241. The van der Waals surface area contributed by atoms with E-state index in [1.807, 2.05) is 5.38 Å². The van der Waals surface area contributed by atoms with Gasteiger partial charge in [0.2, 0.25) is 0 Å². The molecule has 1 atom stereocenters. The summed E-state index contributed by atoms with van der Waals surface area (Å²) in [6.45, 7) is 5.00. The zero-order valence-electron chi connectivity index (χ0n) is 10.2. The standard InChI is InChI=1S/C13H14BrFN2S/c1-3-16-8(2)12-7-18-13(17-12)10-6-9(14)4-5-11(10)15/h4-8,16H,3H2,1-2H3. The number of nitrogens with zero attached hydrogens (tertiary/aromatic N) is 1. The number of benzene rings is 1. The summed E-state index contributed by atoms with van der Waals surface area (Å²) in [6, 6.07) is 5.09. The number of hydrogen-bond donors (Lipinski definition) is 1. The molecule has 0 saturated carbocycles. The highest BCUT2D eigenvalue weighted by molar-refractivity contribution is 9.10. The molecule has 0 bridgehead atoms. The van der Waals surface area contributed by atoms with Gasteiger partial charge in [-0.2, -0.15) is 0 Å². The second-order valence-corrected chi connectivity index (χ2v) is 5.75. The van der Waals surface area contributed by atoms with Gasteiger partial charge in [-0.25, -0.2) is 9.37 Å². The van der Waals surface area contributed by atoms with Crippen molar-refractivity contribution in [3.05, 3.63) is 39.6 Å². The molecule has 1 N–H and O–H groups in total. The molecule has 5 heteroatoms. The monoisotopic (exact) mass is 328 g/mol. The van der Waals surface area contributed by atoms with Crippen LogP contribution in [0.2, 0.25) is 0 Å². The molecule has 0 aliphatic heterocycles. The Bertz CT molecular complexity index is 542. The van der Waals surface area contributed by atoms with Crippen molar-refractivity contribution in [2.75, 3.05) is 6.54 Å². The molecule has 2 rings (SSSR count). The van der Waals surface area contributed by atoms with Crippen LogP contribution in [-0.4, -0.2) is 11.5 Å². The molecule has 2 aromatic rings. The number of aromatic nitrogens is 1. The topological polar surface area (TPSA) is 24.9 Å². The summed E-state index contributed by atoms with van der Waals surface area (Å²) in [5, 5.41) is 5.99. The van der Waals surface area contributed by atoms with E-state index in [-0.39, 0.29) is 11.9 Å². The van der Waals surface area contributed by atoms with Crippen molar-refractivity contribution in [3.8, 4) is 10.6 Å². The molecule has 18 heavy (non-hydrogen) atoms. The Kier molecular flexibility index (Phi) is 4.48. The maximum atomic E-state index is 13.7. The Labute approximate surface area is 118 Å². The van der Waals surface area contributed by atoms with Crippen molar-refractivity contribution in [1.82, 2.24) is 10.3 Å². The summed E-state index contributed by atoms with van der Waals surface area (Å²) in [4.78, 5) is 4.50. The second kappa shape index (κ2) is 5.91. The average Bonchev–Trinajstić information content (AvgIpc) is 2.82. The van der Waals surface area contributed by atoms with E-state index in [1.54, 1.807) is 12.1 Å². The lowest BCUT2D eigenvalue weighted by Gasteiger charge is -2.08. The van der Waals surface area contributed by atoms with Gasteiger partial charge >= 0.3 is 0 Å². The van der Waals surface area contributed by atoms with Crippen LogP contribution in [0.25, 0.3) is 10.6 Å². The molecule has 0 amide bonds. The molecule has 0 fully saturated rings. The Hall–Kier alpha value is -0.780. The molecule has 1 aromatic carbocycles. The molecular weight excluding hydrogens is 315 g/mol. The first-order valence-corrected chi connectivity index (χ1v) is 7.43. The number of nitrogens with one attached hydrogen (secondary N) is 1. The van der Waals surface area contributed by atoms with Gasteiger partial charge in [0.15, 0.2) is 0 Å². The lowest BCUT2D eigenvalue weighted by molar-refractivity contribution is 0.586. The molecule has 1 unspecified atom stereocenters. The van der Waals surface area contributed by atoms with Crippen molar-refractivity contribution < 1.29 is 4.39 Å². The van der Waals surface area contributed by atoms with Crippen molar-refractivity contribution in [2.24, 2.45) is 0 Å². The molecule has 0 aliphatic rings. The van der Waals surface area contributed by atoms with Gasteiger partial charge in [0.05, 0.1) is 5.69 Å². The quantitative estimate of drug-likeness (QED) is 0.900. The first kappa shape index (κ1) is 13.6. The van der Waals surface area contributed by atoms with Crippen molar-refractivity contribution in [2.45, 2.75) is 19.9 Å². The van der Waals surface area contributed by atoms with Gasteiger partial charge in [-0.3, -0.25) is 0 Å². The summed E-state index contributed by atoms with van der Waals surface area (Å²) in [5.41, 5.74) is 1.50. The van der Waals surface area contributed by atoms with Crippen LogP contribution in [0.1, 0.15) is 25.6 Å². The maximum Gasteiger partial charge on any atom is 0.133 e. The zero-order chi connectivity index (χ0) is 13.1. The summed E-state index contributed by atoms with van der Waals surface area (Å²) in [6.07, 6.45) is 0. The summed E-state index contributed by atoms with van der Waals surface area (Å²) in [5.74, 6) is -0.241. The number of thiazole rings is 1. The van der Waals surface area contributed by atoms with Gasteiger partial charge in [-0.1, -0.05) is 22.9 Å². The van der Waals surface area contributed by atoms with Gasteiger partial charge < -0.3 is 5.32 Å². The largest absolute Gasteiger partial charge is 0.309 e. The lowest BCUT2D eigenvalue weighted by atomic mass is 10.2. The van der Waals surface area contributed by atoms with E-state index in [0.717, 1.165) is 16.7 Å². The van der Waals surface area contributed by atoms with E-state index in [9.17, 15) is 4.39 Å². The lowest BCUT2D eigenvalue weighted by Crippen LogP contribution is -2.17. The van der Waals surface area contributed by atoms with E-state index in [0.29, 0.717) is 10.6 Å². The third kappa shape index (κ3) is 2.96. The minimum Gasteiger partial charge on any atom is -0.309 e. The van der Waals surface area contributed by atoms with Crippen LogP contribution in [0.15, 0.2) is 28.1 Å². The van der Waals surface area contributed by atoms with Crippen molar-refractivity contribution in [3.63, 3.8) is 0 Å². The Balaban J connectivity index is 2.32. The predicted octanol–water partition coefficient (Wildman–Crippen LogP) is 4.38. The number of halogens is 2. The van der Waals surface area contributed by atoms with E-state index < -0.39 is 0 Å². The van der Waals surface area contributed by atoms with Gasteiger partial charge in [0.25, 0.3) is 0 Å². The van der Waals surface area contributed by atoms with Crippen LogP contribution in [0.5, 0.6) is 0 Å². The van der Waals surface area contributed by atoms with Crippen molar-refractivity contribution >= 4 is 27.3 Å². The smallest absolute Gasteiger partial charge is 0.133 e. The minimum absolute atomic E-state index is 0.190. The molecule has 0 spiro atoms. The van der Waals surface area contributed by atoms with Gasteiger partial charge in [0.1, 0.15) is 10.8 Å². The third-order valence-electron chi connectivity index (χ3n) is 2.63. The molecule has 0 saturated heterocycles. The molecule has 0 radical (unpaired) electrons. The van der Waals surface area contributed by atoms with E-state index >= 15 is 0 Å². The van der Waals surface area contributed by atoms with Gasteiger partial charge in [0, 0.05) is 21.5 Å². The fourth-order valence-electron chi connectivity index (χ4n) is 1.68. The maximum absolute atomic E-state index is 13.7. The van der Waals surface area contributed by atoms with Crippen molar-refractivity contribution in [1.29, 1.82) is 0 Å². The molecule has 2 nitrogen and oxygen atoms in total. The van der Waals surface area contributed by atoms with Crippen LogP contribution < -0.4 is 5.32 Å². The molecule has 96 valence electrons. The highest BCUT2D eigenvalue weighted by Gasteiger charge is 2.13. The van der Waals surface area contributed by atoms with E-state index in [1.165, 1.54) is 17.4 Å². The SMILES string of the molecule is CCNC(C)c1csc(-c2cc(Br)ccc2F)n1. The Morgan fingerprint density at radius 3 is 3.00 bits per heavy atom. The van der Waals surface area contributed by atoms with Crippen LogP contribution >= 0.6 is 27.3 Å². The summed E-state index contributed by atoms with van der Waals surface area (Å²) in [7, 11) is 0. The predicted molar refractivity (Wildman–Crippen MR) is 77.3 cm³/mol. The van der Waals surface area contributed by atoms with E-state index in [2.05, 4.69) is 40.1 Å². The Morgan fingerprint density at radius 1 is 1.50 bits per heavy atom. The third-order valence-corrected chi connectivity index (χ3v) is 4.02. The first-order chi connectivity index (χ1) is 8.61. The second-order valence-electron chi connectivity index (χ2n) is 3.98. The zero-order valence-corrected chi connectivity index (χ0v) is 12.6. The van der Waals surface area contributed by atoms with Crippen LogP contribution in [0, 0.1) is 5.82 Å². The molecule has 1 heterocycles.